The first kappa shape index (κ1) is 18.4. The number of carbonyl (C=O) groups is 1. The molecule has 1 saturated carbocycles. The first-order valence-corrected chi connectivity index (χ1v) is 9.62. The highest BCUT2D eigenvalue weighted by atomic mass is 16.5. The number of hydrogen-bond donors (Lipinski definition) is 0. The Morgan fingerprint density at radius 2 is 2.21 bits per heavy atom. The van der Waals surface area contributed by atoms with Crippen LogP contribution in [0.15, 0.2) is 24.8 Å². The molecular weight excluding hydrogens is 356 g/mol. The Labute approximate surface area is 164 Å². The highest BCUT2D eigenvalue weighted by Gasteiger charge is 2.46. The molecule has 4 rings (SSSR count). The summed E-state index contributed by atoms with van der Waals surface area (Å²) < 4.78 is 7.63. The van der Waals surface area contributed by atoms with Crippen molar-refractivity contribution in [2.45, 2.75) is 39.8 Å². The van der Waals surface area contributed by atoms with Crippen LogP contribution in [0.2, 0.25) is 0 Å². The van der Waals surface area contributed by atoms with Crippen LogP contribution in [0.25, 0.3) is 0 Å². The summed E-state index contributed by atoms with van der Waals surface area (Å²) in [5.74, 6) is 1.58. The van der Waals surface area contributed by atoms with E-state index in [0.29, 0.717) is 42.8 Å². The third-order valence-electron chi connectivity index (χ3n) is 6.07. The highest BCUT2D eigenvalue weighted by molar-refractivity contribution is 5.82. The summed E-state index contributed by atoms with van der Waals surface area (Å²) in [7, 11) is 0. The Balaban J connectivity index is 1.42. The second-order valence-corrected chi connectivity index (χ2v) is 8.24. The van der Waals surface area contributed by atoms with Crippen molar-refractivity contribution < 1.29 is 9.53 Å². The van der Waals surface area contributed by atoms with Gasteiger partial charge in [-0.25, -0.2) is 0 Å². The first-order chi connectivity index (χ1) is 13.5. The fourth-order valence-corrected chi connectivity index (χ4v) is 4.22. The maximum absolute atomic E-state index is 13.4. The molecular formula is C20H24N6O2. The molecule has 1 amide bonds. The molecule has 3 heterocycles. The van der Waals surface area contributed by atoms with Crippen molar-refractivity contribution in [2.24, 2.45) is 17.3 Å². The third-order valence-corrected chi connectivity index (χ3v) is 6.07. The molecule has 146 valence electrons. The van der Waals surface area contributed by atoms with Crippen molar-refractivity contribution in [1.29, 1.82) is 5.26 Å². The number of nitriles is 1. The minimum Gasteiger partial charge on any atom is -0.490 e. The van der Waals surface area contributed by atoms with Crippen LogP contribution in [0.5, 0.6) is 5.75 Å². The lowest BCUT2D eigenvalue weighted by atomic mass is 9.61. The third kappa shape index (κ3) is 3.33. The van der Waals surface area contributed by atoms with Gasteiger partial charge in [0.25, 0.3) is 0 Å². The van der Waals surface area contributed by atoms with E-state index in [4.69, 9.17) is 4.74 Å². The zero-order chi connectivity index (χ0) is 19.7. The Kier molecular flexibility index (Phi) is 4.75. The SMILES string of the molecule is CC(C)(C(=O)N1CCOc2c(C#N)cncc2C1)C1CC(Cn2ccnn2)C1. The van der Waals surface area contributed by atoms with Gasteiger partial charge in [-0.15, -0.1) is 5.10 Å². The maximum Gasteiger partial charge on any atom is 0.228 e. The molecule has 2 aromatic rings. The van der Waals surface area contributed by atoms with Crippen molar-refractivity contribution in [3.05, 3.63) is 35.9 Å². The Morgan fingerprint density at radius 1 is 1.39 bits per heavy atom. The van der Waals surface area contributed by atoms with E-state index in [9.17, 15) is 10.1 Å². The van der Waals surface area contributed by atoms with Crippen molar-refractivity contribution in [3.63, 3.8) is 0 Å². The molecule has 0 radical (unpaired) electrons. The number of amides is 1. The molecule has 0 unspecified atom stereocenters. The molecule has 0 saturated heterocycles. The van der Waals surface area contributed by atoms with E-state index in [0.717, 1.165) is 24.9 Å². The molecule has 0 spiro atoms. The molecule has 28 heavy (non-hydrogen) atoms. The number of pyridine rings is 1. The lowest BCUT2D eigenvalue weighted by Crippen LogP contribution is -2.49. The molecule has 0 N–H and O–H groups in total. The van der Waals surface area contributed by atoms with E-state index in [1.165, 1.54) is 6.20 Å². The summed E-state index contributed by atoms with van der Waals surface area (Å²) in [5.41, 5.74) is 0.767. The highest BCUT2D eigenvalue weighted by Crippen LogP contribution is 2.47. The Morgan fingerprint density at radius 3 is 2.93 bits per heavy atom. The van der Waals surface area contributed by atoms with Crippen LogP contribution in [0.1, 0.15) is 37.8 Å². The van der Waals surface area contributed by atoms with E-state index in [1.54, 1.807) is 12.4 Å². The Hall–Kier alpha value is -2.95. The number of fused-ring (bicyclic) bond motifs is 1. The monoisotopic (exact) mass is 380 g/mol. The van der Waals surface area contributed by atoms with Gasteiger partial charge in [-0.3, -0.25) is 14.5 Å². The van der Waals surface area contributed by atoms with Crippen molar-refractivity contribution >= 4 is 5.91 Å². The predicted molar refractivity (Wildman–Crippen MR) is 99.9 cm³/mol. The second-order valence-electron chi connectivity index (χ2n) is 8.24. The van der Waals surface area contributed by atoms with E-state index in [2.05, 4.69) is 21.4 Å². The molecule has 1 aliphatic heterocycles. The van der Waals surface area contributed by atoms with Crippen LogP contribution in [-0.2, 0) is 17.9 Å². The topological polar surface area (TPSA) is 96.9 Å². The zero-order valence-corrected chi connectivity index (χ0v) is 16.2. The maximum atomic E-state index is 13.4. The number of hydrogen-bond acceptors (Lipinski definition) is 6. The van der Waals surface area contributed by atoms with E-state index >= 15 is 0 Å². The first-order valence-electron chi connectivity index (χ1n) is 9.62. The smallest absolute Gasteiger partial charge is 0.228 e. The van der Waals surface area contributed by atoms with Crippen LogP contribution >= 0.6 is 0 Å². The quantitative estimate of drug-likeness (QED) is 0.805. The van der Waals surface area contributed by atoms with Gasteiger partial charge in [0.1, 0.15) is 24.0 Å². The summed E-state index contributed by atoms with van der Waals surface area (Å²) >= 11 is 0. The fourth-order valence-electron chi connectivity index (χ4n) is 4.22. The number of carbonyl (C=O) groups excluding carboxylic acids is 1. The molecule has 1 aliphatic carbocycles. The summed E-state index contributed by atoms with van der Waals surface area (Å²) in [4.78, 5) is 19.3. The van der Waals surface area contributed by atoms with Crippen molar-refractivity contribution in [3.8, 4) is 11.8 Å². The fraction of sp³-hybridized carbons (Fsp3) is 0.550. The number of rotatable bonds is 4. The van der Waals surface area contributed by atoms with Gasteiger partial charge >= 0.3 is 0 Å². The van der Waals surface area contributed by atoms with Crippen LogP contribution in [0.3, 0.4) is 0 Å². The number of nitrogens with zero attached hydrogens (tertiary/aromatic N) is 6. The summed E-state index contributed by atoms with van der Waals surface area (Å²) in [6, 6.07) is 2.11. The van der Waals surface area contributed by atoms with Gasteiger partial charge in [0.15, 0.2) is 0 Å². The minimum atomic E-state index is -0.441. The molecule has 8 heteroatoms. The van der Waals surface area contributed by atoms with E-state index in [1.807, 2.05) is 29.6 Å². The van der Waals surface area contributed by atoms with Gasteiger partial charge < -0.3 is 9.64 Å². The molecule has 0 aromatic carbocycles. The largest absolute Gasteiger partial charge is 0.490 e. The average molecular weight is 380 g/mol. The van der Waals surface area contributed by atoms with Crippen LogP contribution in [0, 0.1) is 28.6 Å². The van der Waals surface area contributed by atoms with Gasteiger partial charge in [-0.05, 0) is 24.7 Å². The average Bonchev–Trinajstić information content (AvgIpc) is 3.07. The lowest BCUT2D eigenvalue weighted by molar-refractivity contribution is -0.147. The van der Waals surface area contributed by atoms with Gasteiger partial charge in [-0.2, -0.15) is 5.26 Å². The van der Waals surface area contributed by atoms with E-state index in [-0.39, 0.29) is 5.91 Å². The van der Waals surface area contributed by atoms with Gasteiger partial charge in [-0.1, -0.05) is 19.1 Å². The zero-order valence-electron chi connectivity index (χ0n) is 16.2. The van der Waals surface area contributed by atoms with Gasteiger partial charge in [0.2, 0.25) is 5.91 Å². The predicted octanol–water partition coefficient (Wildman–Crippen LogP) is 2.02. The van der Waals surface area contributed by atoms with Crippen molar-refractivity contribution in [1.82, 2.24) is 24.9 Å². The van der Waals surface area contributed by atoms with E-state index < -0.39 is 5.41 Å². The van der Waals surface area contributed by atoms with Crippen LogP contribution in [-0.4, -0.2) is 43.9 Å². The molecule has 8 nitrogen and oxygen atoms in total. The van der Waals surface area contributed by atoms with Crippen LogP contribution in [0.4, 0.5) is 0 Å². The standard InChI is InChI=1S/C20H24N6O2/c1-20(2,17-7-14(8-17)12-26-4-3-23-24-26)19(27)25-5-6-28-18-15(9-21)10-22-11-16(18)13-25/h3-4,10-11,14,17H,5-8,12-13H2,1-2H3. The number of aromatic nitrogens is 4. The van der Waals surface area contributed by atoms with Crippen LogP contribution < -0.4 is 4.74 Å². The molecule has 1 fully saturated rings. The minimum absolute atomic E-state index is 0.135. The molecule has 0 bridgehead atoms. The summed E-state index contributed by atoms with van der Waals surface area (Å²) in [6.07, 6.45) is 8.78. The Bertz CT molecular complexity index is 896. The molecule has 2 aliphatic rings. The lowest BCUT2D eigenvalue weighted by Gasteiger charge is -2.46. The van der Waals surface area contributed by atoms with Crippen molar-refractivity contribution in [2.75, 3.05) is 13.2 Å². The molecule has 2 aromatic heterocycles. The normalized spacial score (nSPS) is 21.7. The molecule has 0 atom stereocenters. The second kappa shape index (κ2) is 7.23. The van der Waals surface area contributed by atoms with Gasteiger partial charge in [0, 0.05) is 36.1 Å². The number of ether oxygens (including phenoxy) is 1. The summed E-state index contributed by atoms with van der Waals surface area (Å²) in [6.45, 7) is 6.26. The summed E-state index contributed by atoms with van der Waals surface area (Å²) in [5, 5.41) is 17.1. The van der Waals surface area contributed by atoms with Gasteiger partial charge in [0.05, 0.1) is 19.3 Å².